The van der Waals surface area contributed by atoms with Crippen LogP contribution in [0, 0.1) is 63.1 Å². The van der Waals surface area contributed by atoms with Gasteiger partial charge in [-0.1, -0.05) is 35.4 Å². The van der Waals surface area contributed by atoms with Crippen molar-refractivity contribution in [3.8, 4) is 0 Å². The average molecular weight is 600 g/mol. The molecule has 3 aromatic carbocycles. The molecule has 0 spiro atoms. The van der Waals surface area contributed by atoms with E-state index in [2.05, 4.69) is 82.3 Å². The predicted octanol–water partition coefficient (Wildman–Crippen LogP) is 8.65. The van der Waals surface area contributed by atoms with Crippen LogP contribution in [0.3, 0.4) is 0 Å². The Balaban J connectivity index is 0.000000435. The zero-order valence-electron chi connectivity index (χ0n) is 22.3. The Morgan fingerprint density at radius 1 is 0.686 bits per heavy atom. The summed E-state index contributed by atoms with van der Waals surface area (Å²) in [6.07, 6.45) is 0. The predicted molar refractivity (Wildman–Crippen MR) is 156 cm³/mol. The summed E-state index contributed by atoms with van der Waals surface area (Å²) in [5, 5.41) is 0. The first-order valence-electron chi connectivity index (χ1n) is 11.1. The van der Waals surface area contributed by atoms with Crippen LogP contribution in [0.4, 0.5) is 11.4 Å². The normalized spacial score (nSPS) is 12.7. The minimum atomic E-state index is -1.61. The van der Waals surface area contributed by atoms with Crippen molar-refractivity contribution >= 4 is 35.4 Å². The molecule has 35 heavy (non-hydrogen) atoms. The molecule has 3 aromatic rings. The Kier molecular flexibility index (Phi) is 12.7. The van der Waals surface area contributed by atoms with Gasteiger partial charge in [-0.25, -0.2) is 0 Å². The van der Waals surface area contributed by atoms with Gasteiger partial charge in [-0.15, -0.1) is 0 Å². The van der Waals surface area contributed by atoms with Crippen LogP contribution in [0.1, 0.15) is 38.9 Å². The number of nitrogens with zero attached hydrogens (tertiary/aromatic N) is 2. The number of halogens is 2. The molecular formula is C30H39Cl2N2Ru-3. The summed E-state index contributed by atoms with van der Waals surface area (Å²) in [6, 6.07) is 19.0. The summed E-state index contributed by atoms with van der Waals surface area (Å²) in [5.74, 6) is 0. The molecule has 0 atom stereocenters. The van der Waals surface area contributed by atoms with E-state index in [1.165, 1.54) is 44.8 Å². The zero-order valence-corrected chi connectivity index (χ0v) is 25.5. The summed E-state index contributed by atoms with van der Waals surface area (Å²) in [4.78, 5) is 4.81. The van der Waals surface area contributed by atoms with E-state index in [4.69, 9.17) is 19.4 Å². The standard InChI is InChI=1S/C21H27N2.C7H6.2CH3.2ClH.Ru/c1-14-9-16(3)20(17(4)10-14)22-7-8-23(13-22)21-18(5)11-15(2)12-19(21)6;1-7-5-3-2-4-6-7;;;;;/h9-13H,7-8H2,1-6H3;1-6H;2*1H3;2*1H;/q-1;;2*-1;;;+2/p-2. The van der Waals surface area contributed by atoms with Gasteiger partial charge in [-0.3, -0.25) is 0 Å². The number of anilines is 2. The van der Waals surface area contributed by atoms with Crippen LogP contribution in [0.25, 0.3) is 0 Å². The Morgan fingerprint density at radius 2 is 1.06 bits per heavy atom. The molecule has 1 saturated heterocycles. The van der Waals surface area contributed by atoms with Gasteiger partial charge in [0, 0.05) is 24.5 Å². The molecule has 194 valence electrons. The topological polar surface area (TPSA) is 6.48 Å². The van der Waals surface area contributed by atoms with Gasteiger partial charge in [-0.2, -0.15) is 6.67 Å². The van der Waals surface area contributed by atoms with E-state index in [9.17, 15) is 0 Å². The molecule has 0 radical (unpaired) electrons. The van der Waals surface area contributed by atoms with Gasteiger partial charge in [0.1, 0.15) is 0 Å². The summed E-state index contributed by atoms with van der Waals surface area (Å²) >= 11 is -1.61. The molecule has 0 aliphatic carbocycles. The van der Waals surface area contributed by atoms with Crippen LogP contribution in [0.5, 0.6) is 0 Å². The third kappa shape index (κ3) is 8.45. The quantitative estimate of drug-likeness (QED) is 0.220. The van der Waals surface area contributed by atoms with Crippen molar-refractivity contribution < 1.29 is 13.5 Å². The van der Waals surface area contributed by atoms with Crippen LogP contribution < -0.4 is 9.80 Å². The van der Waals surface area contributed by atoms with Crippen molar-refractivity contribution in [3.05, 3.63) is 115 Å². The fourth-order valence-corrected chi connectivity index (χ4v) is 6.53. The molecule has 0 N–H and O–H groups in total. The number of hydrogen-bond donors (Lipinski definition) is 0. The fourth-order valence-electron chi connectivity index (χ4n) is 4.70. The van der Waals surface area contributed by atoms with Crippen LogP contribution in [0.2, 0.25) is 0 Å². The Bertz CT molecular complexity index is 1030. The molecular weight excluding hydrogens is 560 g/mol. The van der Waals surface area contributed by atoms with Crippen molar-refractivity contribution in [3.63, 3.8) is 0 Å². The maximum absolute atomic E-state index is 5.67. The van der Waals surface area contributed by atoms with Gasteiger partial charge in [0.25, 0.3) is 0 Å². The maximum atomic E-state index is 5.67. The van der Waals surface area contributed by atoms with E-state index in [1.54, 1.807) is 0 Å². The SMILES string of the molecule is Cc1cc(C)c(N2[CH-]N(c3c(C)cc(C)cc3C)CC2)c(C)c1.[CH3-].[CH3-].[Cl][Ru]([Cl])=[CH]c1ccccc1. The summed E-state index contributed by atoms with van der Waals surface area (Å²) in [6.45, 7) is 17.6. The van der Waals surface area contributed by atoms with E-state index in [0.29, 0.717) is 0 Å². The first-order valence-corrected chi connectivity index (χ1v) is 16.6. The third-order valence-corrected chi connectivity index (χ3v) is 7.57. The van der Waals surface area contributed by atoms with Gasteiger partial charge in [-0.05, 0) is 63.8 Å². The van der Waals surface area contributed by atoms with E-state index in [1.807, 2.05) is 34.9 Å². The van der Waals surface area contributed by atoms with Crippen LogP contribution >= 0.6 is 19.4 Å². The van der Waals surface area contributed by atoms with Gasteiger partial charge in [0.05, 0.1) is 0 Å². The van der Waals surface area contributed by atoms with E-state index < -0.39 is 13.5 Å². The van der Waals surface area contributed by atoms with Crippen molar-refractivity contribution in [2.45, 2.75) is 41.5 Å². The van der Waals surface area contributed by atoms with Crippen LogP contribution in [-0.4, -0.2) is 17.7 Å². The van der Waals surface area contributed by atoms with E-state index in [-0.39, 0.29) is 14.9 Å². The monoisotopic (exact) mass is 599 g/mol. The van der Waals surface area contributed by atoms with Gasteiger partial charge >= 0.3 is 73.4 Å². The Morgan fingerprint density at radius 3 is 1.40 bits per heavy atom. The molecule has 2 nitrogen and oxygen atoms in total. The minimum absolute atomic E-state index is 0. The average Bonchev–Trinajstić information content (AvgIpc) is 3.16. The molecule has 0 bridgehead atoms. The first kappa shape index (κ1) is 31.4. The van der Waals surface area contributed by atoms with Crippen molar-refractivity contribution in [2.24, 2.45) is 0 Å². The molecule has 0 unspecified atom stereocenters. The molecule has 5 heteroatoms. The number of benzene rings is 3. The fraction of sp³-hybridized carbons (Fsp3) is 0.267. The third-order valence-electron chi connectivity index (χ3n) is 5.70. The molecule has 1 heterocycles. The van der Waals surface area contributed by atoms with Gasteiger partial charge in [0.15, 0.2) is 0 Å². The summed E-state index contributed by atoms with van der Waals surface area (Å²) in [5.41, 5.74) is 12.0. The second-order valence-corrected chi connectivity index (χ2v) is 14.4. The van der Waals surface area contributed by atoms with Gasteiger partial charge in [0.2, 0.25) is 0 Å². The molecule has 1 aliphatic rings. The van der Waals surface area contributed by atoms with Gasteiger partial charge < -0.3 is 24.7 Å². The zero-order chi connectivity index (χ0) is 24.1. The number of hydrogen-bond acceptors (Lipinski definition) is 2. The second-order valence-electron chi connectivity index (χ2n) is 8.71. The Hall–Kier alpha value is -1.67. The summed E-state index contributed by atoms with van der Waals surface area (Å²) < 4.78 is 1.92. The molecule has 1 fully saturated rings. The van der Waals surface area contributed by atoms with Crippen molar-refractivity contribution in [2.75, 3.05) is 22.9 Å². The second kappa shape index (κ2) is 14.2. The first-order chi connectivity index (χ1) is 15.7. The number of rotatable bonds is 3. The molecule has 0 aromatic heterocycles. The number of aryl methyl sites for hydroxylation is 6. The van der Waals surface area contributed by atoms with E-state index in [0.717, 1.165) is 18.7 Å². The molecule has 0 amide bonds. The van der Waals surface area contributed by atoms with E-state index >= 15 is 0 Å². The van der Waals surface area contributed by atoms with Crippen LogP contribution in [-0.2, 0) is 13.5 Å². The van der Waals surface area contributed by atoms with Crippen molar-refractivity contribution in [1.82, 2.24) is 0 Å². The van der Waals surface area contributed by atoms with Crippen LogP contribution in [0.15, 0.2) is 54.6 Å². The summed E-state index contributed by atoms with van der Waals surface area (Å²) in [7, 11) is 11.3. The molecule has 1 aliphatic heterocycles. The van der Waals surface area contributed by atoms with Crippen molar-refractivity contribution in [1.29, 1.82) is 0 Å². The molecule has 4 rings (SSSR count). The Labute approximate surface area is 227 Å². The molecule has 0 saturated carbocycles.